The lowest BCUT2D eigenvalue weighted by Gasteiger charge is -2.24. The highest BCUT2D eigenvalue weighted by molar-refractivity contribution is 5.76. The highest BCUT2D eigenvalue weighted by atomic mass is 16.5. The van der Waals surface area contributed by atoms with Crippen LogP contribution in [0.25, 0.3) is 0 Å². The lowest BCUT2D eigenvalue weighted by Crippen LogP contribution is -2.43. The molecule has 28 heavy (non-hydrogen) atoms. The summed E-state index contributed by atoms with van der Waals surface area (Å²) in [6.07, 6.45) is 15.2. The van der Waals surface area contributed by atoms with Gasteiger partial charge in [-0.3, -0.25) is 9.59 Å². The van der Waals surface area contributed by atoms with Crippen LogP contribution in [0.5, 0.6) is 0 Å². The van der Waals surface area contributed by atoms with Gasteiger partial charge in [-0.25, -0.2) is 0 Å². The number of aliphatic hydroxyl groups is 1. The normalized spacial score (nSPS) is 13.1. The van der Waals surface area contributed by atoms with Gasteiger partial charge in [0.2, 0.25) is 5.91 Å². The first-order valence-corrected chi connectivity index (χ1v) is 11.6. The Labute approximate surface area is 173 Å². The zero-order chi connectivity index (χ0) is 21.0. The van der Waals surface area contributed by atoms with E-state index in [9.17, 15) is 14.7 Å². The van der Waals surface area contributed by atoms with E-state index in [4.69, 9.17) is 0 Å². The Kier molecular flexibility index (Phi) is 18.5. The molecule has 0 radical (unpaired) electrons. The fraction of sp³-hybridized carbons (Fsp3) is 0.913. The molecule has 0 rings (SSSR count). The molecular formula is C23H45NO4. The summed E-state index contributed by atoms with van der Waals surface area (Å²) in [4.78, 5) is 23.1. The lowest BCUT2D eigenvalue weighted by atomic mass is 9.97. The van der Waals surface area contributed by atoms with Crippen LogP contribution in [0.4, 0.5) is 0 Å². The van der Waals surface area contributed by atoms with Crippen LogP contribution in [0.1, 0.15) is 117 Å². The fourth-order valence-corrected chi connectivity index (χ4v) is 3.47. The monoisotopic (exact) mass is 399 g/mol. The number of hydrogen-bond donors (Lipinski definition) is 2. The van der Waals surface area contributed by atoms with E-state index in [1.54, 1.807) is 0 Å². The van der Waals surface area contributed by atoms with Crippen molar-refractivity contribution in [3.8, 4) is 0 Å². The first-order chi connectivity index (χ1) is 13.5. The molecule has 0 heterocycles. The minimum absolute atomic E-state index is 0.0487. The predicted molar refractivity (Wildman–Crippen MR) is 115 cm³/mol. The van der Waals surface area contributed by atoms with Crippen molar-refractivity contribution in [2.45, 2.75) is 129 Å². The molecule has 166 valence electrons. The Hall–Kier alpha value is -1.10. The van der Waals surface area contributed by atoms with Crippen LogP contribution >= 0.6 is 0 Å². The van der Waals surface area contributed by atoms with Crippen molar-refractivity contribution >= 4 is 11.9 Å². The van der Waals surface area contributed by atoms with Crippen molar-refractivity contribution in [2.75, 3.05) is 7.11 Å². The van der Waals surface area contributed by atoms with E-state index in [0.717, 1.165) is 64.2 Å². The molecule has 0 spiro atoms. The number of methoxy groups -OCH3 is 1. The summed E-state index contributed by atoms with van der Waals surface area (Å²) in [5.41, 5.74) is 0. The average molecular weight is 400 g/mol. The fourth-order valence-electron chi connectivity index (χ4n) is 3.47. The Morgan fingerprint density at radius 1 is 0.786 bits per heavy atom. The molecule has 5 heteroatoms. The number of nitrogens with one attached hydrogen (secondary N) is 1. The van der Waals surface area contributed by atoms with Gasteiger partial charge in [-0.1, -0.05) is 78.1 Å². The van der Waals surface area contributed by atoms with E-state index in [-0.39, 0.29) is 17.9 Å². The zero-order valence-electron chi connectivity index (χ0n) is 18.6. The zero-order valence-corrected chi connectivity index (χ0v) is 18.6. The van der Waals surface area contributed by atoms with Gasteiger partial charge >= 0.3 is 5.97 Å². The Bertz CT molecular complexity index is 387. The highest BCUT2D eigenvalue weighted by Gasteiger charge is 2.20. The van der Waals surface area contributed by atoms with E-state index in [2.05, 4.69) is 17.0 Å². The van der Waals surface area contributed by atoms with Crippen molar-refractivity contribution < 1.29 is 19.4 Å². The molecule has 5 nitrogen and oxygen atoms in total. The standard InChI is InChI=1S/C23H45NO4/c1-4-6-7-8-11-14-18-21(25)20(24-22(26)16-5-2)17-13-10-9-12-15-19-23(27)28-3/h20-21,25H,4-19H2,1-3H3,(H,24,26). The molecular weight excluding hydrogens is 354 g/mol. The Balaban J connectivity index is 4.10. The molecule has 2 atom stereocenters. The van der Waals surface area contributed by atoms with Gasteiger partial charge in [-0.2, -0.15) is 0 Å². The van der Waals surface area contributed by atoms with Crippen molar-refractivity contribution in [1.82, 2.24) is 5.32 Å². The van der Waals surface area contributed by atoms with E-state index in [1.165, 1.54) is 32.8 Å². The highest BCUT2D eigenvalue weighted by Crippen LogP contribution is 2.16. The third-order valence-corrected chi connectivity index (χ3v) is 5.27. The topological polar surface area (TPSA) is 75.6 Å². The predicted octanol–water partition coefficient (Wildman–Crippen LogP) is 5.29. The average Bonchev–Trinajstić information content (AvgIpc) is 2.68. The summed E-state index contributed by atoms with van der Waals surface area (Å²) in [7, 11) is 1.42. The van der Waals surface area contributed by atoms with Crippen LogP contribution < -0.4 is 5.32 Å². The number of carbonyl (C=O) groups excluding carboxylic acids is 2. The summed E-state index contributed by atoms with van der Waals surface area (Å²) in [5, 5.41) is 13.6. The molecule has 0 aromatic heterocycles. The van der Waals surface area contributed by atoms with Gasteiger partial charge in [0.05, 0.1) is 19.3 Å². The van der Waals surface area contributed by atoms with Crippen molar-refractivity contribution in [2.24, 2.45) is 0 Å². The molecule has 0 saturated heterocycles. The van der Waals surface area contributed by atoms with E-state index in [1.807, 2.05) is 6.92 Å². The smallest absolute Gasteiger partial charge is 0.305 e. The Morgan fingerprint density at radius 2 is 1.36 bits per heavy atom. The van der Waals surface area contributed by atoms with Crippen molar-refractivity contribution in [1.29, 1.82) is 0 Å². The van der Waals surface area contributed by atoms with Gasteiger partial charge in [0, 0.05) is 12.8 Å². The van der Waals surface area contributed by atoms with Gasteiger partial charge < -0.3 is 15.2 Å². The summed E-state index contributed by atoms with van der Waals surface area (Å²) in [5.74, 6) is -0.0934. The number of hydrogen-bond acceptors (Lipinski definition) is 4. The molecule has 0 bridgehead atoms. The van der Waals surface area contributed by atoms with Gasteiger partial charge in [0.25, 0.3) is 0 Å². The maximum absolute atomic E-state index is 12.0. The number of esters is 1. The van der Waals surface area contributed by atoms with E-state index < -0.39 is 6.10 Å². The second-order valence-electron chi connectivity index (χ2n) is 7.93. The molecule has 0 aliphatic rings. The van der Waals surface area contributed by atoms with Crippen LogP contribution in [0.3, 0.4) is 0 Å². The Morgan fingerprint density at radius 3 is 1.96 bits per heavy atom. The minimum Gasteiger partial charge on any atom is -0.469 e. The van der Waals surface area contributed by atoms with Crippen LogP contribution in [0, 0.1) is 0 Å². The van der Waals surface area contributed by atoms with Crippen molar-refractivity contribution in [3.05, 3.63) is 0 Å². The van der Waals surface area contributed by atoms with Crippen LogP contribution in [0.15, 0.2) is 0 Å². The van der Waals surface area contributed by atoms with Crippen molar-refractivity contribution in [3.63, 3.8) is 0 Å². The molecule has 0 fully saturated rings. The maximum Gasteiger partial charge on any atom is 0.305 e. The molecule has 1 amide bonds. The summed E-state index contributed by atoms with van der Waals surface area (Å²) in [6.45, 7) is 4.21. The summed E-state index contributed by atoms with van der Waals surface area (Å²) < 4.78 is 4.65. The first-order valence-electron chi connectivity index (χ1n) is 11.6. The quantitative estimate of drug-likeness (QED) is 0.229. The van der Waals surface area contributed by atoms with Crippen LogP contribution in [-0.4, -0.2) is 36.2 Å². The number of unbranched alkanes of at least 4 members (excludes halogenated alkanes) is 9. The second-order valence-corrected chi connectivity index (χ2v) is 7.93. The van der Waals surface area contributed by atoms with Gasteiger partial charge in [-0.15, -0.1) is 0 Å². The molecule has 2 N–H and O–H groups in total. The third-order valence-electron chi connectivity index (χ3n) is 5.27. The van der Waals surface area contributed by atoms with Crippen LogP contribution in [0.2, 0.25) is 0 Å². The molecule has 0 aromatic rings. The number of ether oxygens (including phenoxy) is 1. The summed E-state index contributed by atoms with van der Waals surface area (Å²) >= 11 is 0. The molecule has 0 aromatic carbocycles. The molecule has 0 aliphatic heterocycles. The molecule has 2 unspecified atom stereocenters. The third kappa shape index (κ3) is 15.9. The minimum atomic E-state index is -0.452. The van der Waals surface area contributed by atoms with E-state index >= 15 is 0 Å². The van der Waals surface area contributed by atoms with Gasteiger partial charge in [0.15, 0.2) is 0 Å². The van der Waals surface area contributed by atoms with Gasteiger partial charge in [0.1, 0.15) is 0 Å². The number of rotatable bonds is 19. The number of carbonyl (C=O) groups is 2. The number of amides is 1. The molecule has 0 aliphatic carbocycles. The lowest BCUT2D eigenvalue weighted by molar-refractivity contribution is -0.140. The summed E-state index contributed by atoms with van der Waals surface area (Å²) in [6, 6.07) is -0.134. The largest absolute Gasteiger partial charge is 0.469 e. The van der Waals surface area contributed by atoms with E-state index in [0.29, 0.717) is 12.8 Å². The molecule has 0 saturated carbocycles. The van der Waals surface area contributed by atoms with Crippen LogP contribution in [-0.2, 0) is 14.3 Å². The SMILES string of the molecule is CCCCCCCCC(O)C(CCCCCCCC(=O)OC)NC(=O)CCC. The first kappa shape index (κ1) is 26.9. The maximum atomic E-state index is 12.0. The second kappa shape index (κ2) is 19.2. The number of aliphatic hydroxyl groups excluding tert-OH is 1. The van der Waals surface area contributed by atoms with Gasteiger partial charge in [-0.05, 0) is 25.7 Å².